The quantitative estimate of drug-likeness (QED) is 0.705. The summed E-state index contributed by atoms with van der Waals surface area (Å²) in [4.78, 5) is 17.9. The molecule has 3 aromatic rings. The molecular weight excluding hydrogens is 356 g/mol. The highest BCUT2D eigenvalue weighted by Crippen LogP contribution is 2.44. The number of hydrogen-bond donors (Lipinski definition) is 1. The van der Waals surface area contributed by atoms with Gasteiger partial charge in [0.05, 0.1) is 10.8 Å². The van der Waals surface area contributed by atoms with Crippen LogP contribution in [0.1, 0.15) is 41.3 Å². The standard InChI is InChI=1S/C22H19N2O2S/c25-20(18-12-15-4-1-2-5-17(15)18)24-16-8-6-14(7-9-16)19-13-23-21(27-19)22(26)10-3-11-22/h1-2,4-9,13,18H,3,10-12H2,(H,24,25). The Kier molecular flexibility index (Phi) is 3.88. The number of carbonyl (C=O) groups excluding carboxylic acids is 1. The molecule has 1 radical (unpaired) electrons. The third-order valence-corrected chi connectivity index (χ3v) is 6.90. The molecule has 0 bridgehead atoms. The fourth-order valence-corrected chi connectivity index (χ4v) is 4.83. The number of anilines is 1. The summed E-state index contributed by atoms with van der Waals surface area (Å²) in [5, 5.41) is 16.2. The summed E-state index contributed by atoms with van der Waals surface area (Å²) < 4.78 is 0. The van der Waals surface area contributed by atoms with Crippen LogP contribution in [0.25, 0.3) is 10.4 Å². The number of carbonyl (C=O) groups is 1. The van der Waals surface area contributed by atoms with E-state index in [-0.39, 0.29) is 11.8 Å². The Balaban J connectivity index is 1.28. The lowest BCUT2D eigenvalue weighted by molar-refractivity contribution is -0.118. The molecule has 2 aliphatic carbocycles. The fraction of sp³-hybridized carbons (Fsp3) is 0.273. The first-order valence-electron chi connectivity index (χ1n) is 9.28. The van der Waals surface area contributed by atoms with E-state index >= 15 is 0 Å². The Morgan fingerprint density at radius 3 is 2.59 bits per heavy atom. The first-order chi connectivity index (χ1) is 13.1. The smallest absolute Gasteiger partial charge is 0.232 e. The molecule has 0 spiro atoms. The third kappa shape index (κ3) is 2.87. The van der Waals surface area contributed by atoms with Gasteiger partial charge in [0.25, 0.3) is 0 Å². The Labute approximate surface area is 161 Å². The average Bonchev–Trinajstić information content (AvgIpc) is 3.12. The average molecular weight is 375 g/mol. The number of nitrogens with zero attached hydrogens (tertiary/aromatic N) is 1. The monoisotopic (exact) mass is 375 g/mol. The van der Waals surface area contributed by atoms with Gasteiger partial charge in [0.15, 0.2) is 5.60 Å². The van der Waals surface area contributed by atoms with Crippen LogP contribution in [0.15, 0.2) is 54.7 Å². The molecule has 2 aliphatic rings. The zero-order valence-electron chi connectivity index (χ0n) is 14.8. The molecule has 2 aromatic carbocycles. The van der Waals surface area contributed by atoms with Crippen LogP contribution < -0.4 is 5.32 Å². The molecule has 1 heterocycles. The van der Waals surface area contributed by atoms with Crippen molar-refractivity contribution < 1.29 is 9.90 Å². The molecule has 135 valence electrons. The minimum absolute atomic E-state index is 0.0415. The van der Waals surface area contributed by atoms with E-state index in [4.69, 9.17) is 0 Å². The summed E-state index contributed by atoms with van der Waals surface area (Å²) in [6, 6.07) is 15.9. The number of fused-ring (bicyclic) bond motifs is 1. The zero-order chi connectivity index (χ0) is 18.4. The first kappa shape index (κ1) is 16.7. The number of hydrogen-bond acceptors (Lipinski definition) is 3. The van der Waals surface area contributed by atoms with Crippen LogP contribution in [0, 0.1) is 0 Å². The molecule has 1 amide bonds. The second kappa shape index (κ2) is 6.29. The van der Waals surface area contributed by atoms with E-state index in [2.05, 4.69) is 16.4 Å². The number of thiazole rings is 1. The highest BCUT2D eigenvalue weighted by Gasteiger charge is 2.41. The maximum Gasteiger partial charge on any atom is 0.232 e. The van der Waals surface area contributed by atoms with E-state index in [1.165, 1.54) is 16.9 Å². The summed E-state index contributed by atoms with van der Waals surface area (Å²) >= 11 is 1.49. The van der Waals surface area contributed by atoms with Crippen LogP contribution in [0.5, 0.6) is 0 Å². The van der Waals surface area contributed by atoms with Gasteiger partial charge in [0.1, 0.15) is 5.01 Å². The van der Waals surface area contributed by atoms with Crippen molar-refractivity contribution in [1.29, 1.82) is 0 Å². The molecule has 1 fully saturated rings. The van der Waals surface area contributed by atoms with Gasteiger partial charge in [0, 0.05) is 11.9 Å². The van der Waals surface area contributed by atoms with Crippen LogP contribution in [0.3, 0.4) is 0 Å². The van der Waals surface area contributed by atoms with Crippen molar-refractivity contribution in [1.82, 2.24) is 4.98 Å². The van der Waals surface area contributed by atoms with Crippen LogP contribution in [0.2, 0.25) is 0 Å². The largest absolute Gasteiger partial charge is 0.326 e. The molecule has 1 saturated carbocycles. The lowest BCUT2D eigenvalue weighted by atomic mass is 9.77. The maximum absolute atomic E-state index is 12.5. The minimum Gasteiger partial charge on any atom is -0.326 e. The van der Waals surface area contributed by atoms with Crippen molar-refractivity contribution in [3.63, 3.8) is 0 Å². The van der Waals surface area contributed by atoms with Gasteiger partial charge >= 0.3 is 0 Å². The predicted octanol–water partition coefficient (Wildman–Crippen LogP) is 4.90. The number of aromatic nitrogens is 1. The molecule has 4 nitrogen and oxygen atoms in total. The van der Waals surface area contributed by atoms with Crippen molar-refractivity contribution >= 4 is 22.9 Å². The Hall–Kier alpha value is -2.50. The molecule has 0 saturated heterocycles. The van der Waals surface area contributed by atoms with Gasteiger partial charge in [-0.25, -0.2) is 10.1 Å². The van der Waals surface area contributed by atoms with Gasteiger partial charge < -0.3 is 5.32 Å². The van der Waals surface area contributed by atoms with Gasteiger partial charge in [-0.3, -0.25) is 4.79 Å². The molecule has 0 aliphatic heterocycles. The van der Waals surface area contributed by atoms with Gasteiger partial charge in [-0.1, -0.05) is 36.4 Å². The van der Waals surface area contributed by atoms with E-state index in [0.717, 1.165) is 34.5 Å². The van der Waals surface area contributed by atoms with Gasteiger partial charge in [-0.15, -0.1) is 11.3 Å². The zero-order valence-corrected chi connectivity index (χ0v) is 15.6. The van der Waals surface area contributed by atoms with Crippen LogP contribution >= 0.6 is 11.3 Å². The second-order valence-corrected chi connectivity index (χ2v) is 8.43. The molecule has 1 atom stereocenters. The van der Waals surface area contributed by atoms with E-state index in [0.29, 0.717) is 17.8 Å². The highest BCUT2D eigenvalue weighted by molar-refractivity contribution is 7.15. The van der Waals surface area contributed by atoms with E-state index in [1.54, 1.807) is 6.20 Å². The number of nitrogens with one attached hydrogen (secondary N) is 1. The summed E-state index contributed by atoms with van der Waals surface area (Å²) in [5.74, 6) is -0.0135. The van der Waals surface area contributed by atoms with E-state index in [1.807, 2.05) is 42.5 Å². The Bertz CT molecular complexity index is 1010. The van der Waals surface area contributed by atoms with Gasteiger partial charge in [-0.2, -0.15) is 0 Å². The topological polar surface area (TPSA) is 61.9 Å². The third-order valence-electron chi connectivity index (χ3n) is 5.66. The van der Waals surface area contributed by atoms with Gasteiger partial charge in [-0.05, 0) is 54.5 Å². The normalized spacial score (nSPS) is 19.5. The lowest BCUT2D eigenvalue weighted by Crippen LogP contribution is -2.31. The molecule has 5 rings (SSSR count). The predicted molar refractivity (Wildman–Crippen MR) is 105 cm³/mol. The fourth-order valence-electron chi connectivity index (χ4n) is 3.77. The number of benzene rings is 2. The van der Waals surface area contributed by atoms with Crippen molar-refractivity contribution in [2.45, 2.75) is 37.2 Å². The Morgan fingerprint density at radius 2 is 1.89 bits per heavy atom. The minimum atomic E-state index is -0.962. The summed E-state index contributed by atoms with van der Waals surface area (Å²) in [6.07, 6.45) is 4.97. The summed E-state index contributed by atoms with van der Waals surface area (Å²) in [5.41, 5.74) is 3.24. The highest BCUT2D eigenvalue weighted by atomic mass is 32.1. The molecule has 27 heavy (non-hydrogen) atoms. The van der Waals surface area contributed by atoms with Crippen molar-refractivity contribution in [3.05, 3.63) is 70.9 Å². The van der Waals surface area contributed by atoms with Crippen molar-refractivity contribution in [2.75, 3.05) is 5.32 Å². The molecule has 5 heteroatoms. The SMILES string of the molecule is [O]C1(c2ncc(-c3ccc(NC(=O)C4Cc5ccccc54)cc3)s2)CCC1. The molecule has 1 N–H and O–H groups in total. The lowest BCUT2D eigenvalue weighted by Gasteiger charge is -2.31. The Morgan fingerprint density at radius 1 is 1.11 bits per heavy atom. The number of amides is 1. The molecule has 1 unspecified atom stereocenters. The number of rotatable bonds is 4. The van der Waals surface area contributed by atoms with Crippen LogP contribution in [-0.4, -0.2) is 10.9 Å². The first-order valence-corrected chi connectivity index (χ1v) is 10.1. The van der Waals surface area contributed by atoms with E-state index in [9.17, 15) is 9.90 Å². The molecule has 1 aromatic heterocycles. The second-order valence-electron chi connectivity index (χ2n) is 7.40. The van der Waals surface area contributed by atoms with Crippen LogP contribution in [0.4, 0.5) is 5.69 Å². The van der Waals surface area contributed by atoms with E-state index < -0.39 is 5.60 Å². The molecular formula is C22H19N2O2S. The van der Waals surface area contributed by atoms with Crippen molar-refractivity contribution in [2.24, 2.45) is 0 Å². The summed E-state index contributed by atoms with van der Waals surface area (Å²) in [7, 11) is 0. The summed E-state index contributed by atoms with van der Waals surface area (Å²) in [6.45, 7) is 0. The van der Waals surface area contributed by atoms with Crippen molar-refractivity contribution in [3.8, 4) is 10.4 Å². The van der Waals surface area contributed by atoms with Gasteiger partial charge in [0.2, 0.25) is 5.91 Å². The van der Waals surface area contributed by atoms with Crippen LogP contribution in [-0.2, 0) is 21.9 Å². The maximum atomic E-state index is 12.5.